The number of hydrogen-bond acceptors (Lipinski definition) is 3. The first-order chi connectivity index (χ1) is 6.70. The lowest BCUT2D eigenvalue weighted by Crippen LogP contribution is -2.29. The summed E-state index contributed by atoms with van der Waals surface area (Å²) >= 11 is 0. The van der Waals surface area contributed by atoms with Gasteiger partial charge in [-0.25, -0.2) is 5.10 Å². The zero-order valence-electron chi connectivity index (χ0n) is 8.58. The summed E-state index contributed by atoms with van der Waals surface area (Å²) in [6.07, 6.45) is 4.15. The Balaban J connectivity index is 2.41. The first-order valence-corrected chi connectivity index (χ1v) is 5.01. The fourth-order valence-corrected chi connectivity index (χ4v) is 2.03. The van der Waals surface area contributed by atoms with E-state index in [1.54, 1.807) is 6.20 Å². The highest BCUT2D eigenvalue weighted by Crippen LogP contribution is 2.25. The SMILES string of the molecule is Cc1c(N2CCCC2C)cn[nH]c1=O. The van der Waals surface area contributed by atoms with Gasteiger partial charge in [0.2, 0.25) is 0 Å². The van der Waals surface area contributed by atoms with Crippen molar-refractivity contribution >= 4 is 5.69 Å². The molecule has 1 aromatic heterocycles. The van der Waals surface area contributed by atoms with E-state index in [1.807, 2.05) is 6.92 Å². The number of hydrogen-bond donors (Lipinski definition) is 1. The predicted octanol–water partition coefficient (Wildman–Crippen LogP) is 1.07. The molecule has 14 heavy (non-hydrogen) atoms. The van der Waals surface area contributed by atoms with Crippen molar-refractivity contribution in [3.8, 4) is 0 Å². The molecule has 0 radical (unpaired) electrons. The Labute approximate surface area is 82.9 Å². The Hall–Kier alpha value is -1.32. The van der Waals surface area contributed by atoms with Gasteiger partial charge in [-0.05, 0) is 26.7 Å². The molecule has 1 aliphatic heterocycles. The van der Waals surface area contributed by atoms with Gasteiger partial charge in [-0.3, -0.25) is 4.79 Å². The van der Waals surface area contributed by atoms with Gasteiger partial charge in [0.05, 0.1) is 11.9 Å². The smallest absolute Gasteiger partial charge is 0.269 e. The Morgan fingerprint density at radius 1 is 1.64 bits per heavy atom. The number of nitrogens with one attached hydrogen (secondary N) is 1. The molecule has 1 saturated heterocycles. The maximum atomic E-state index is 11.4. The second-order valence-electron chi connectivity index (χ2n) is 3.89. The van der Waals surface area contributed by atoms with Crippen LogP contribution in [0.2, 0.25) is 0 Å². The molecule has 4 heteroatoms. The lowest BCUT2D eigenvalue weighted by molar-refractivity contribution is 0.729. The molecular weight excluding hydrogens is 178 g/mol. The predicted molar refractivity (Wildman–Crippen MR) is 55.6 cm³/mol. The second kappa shape index (κ2) is 3.44. The summed E-state index contributed by atoms with van der Waals surface area (Å²) < 4.78 is 0. The molecule has 0 saturated carbocycles. The third-order valence-corrected chi connectivity index (χ3v) is 2.94. The van der Waals surface area contributed by atoms with Crippen molar-refractivity contribution in [3.63, 3.8) is 0 Å². The standard InChI is InChI=1S/C10H15N3O/c1-7-4-3-5-13(7)9-6-11-12-10(14)8(9)2/h6-7H,3-5H2,1-2H3,(H,12,14). The fourth-order valence-electron chi connectivity index (χ4n) is 2.03. The van der Waals surface area contributed by atoms with Crippen LogP contribution in [-0.4, -0.2) is 22.8 Å². The number of anilines is 1. The zero-order valence-corrected chi connectivity index (χ0v) is 8.58. The quantitative estimate of drug-likeness (QED) is 0.725. The molecule has 0 amide bonds. The van der Waals surface area contributed by atoms with E-state index in [-0.39, 0.29) is 5.56 Å². The van der Waals surface area contributed by atoms with E-state index < -0.39 is 0 Å². The summed E-state index contributed by atoms with van der Waals surface area (Å²) in [4.78, 5) is 13.6. The van der Waals surface area contributed by atoms with Gasteiger partial charge in [0.25, 0.3) is 5.56 Å². The minimum absolute atomic E-state index is 0.0819. The number of rotatable bonds is 1. The Morgan fingerprint density at radius 2 is 2.43 bits per heavy atom. The van der Waals surface area contributed by atoms with Crippen LogP contribution in [0.15, 0.2) is 11.0 Å². The molecule has 0 aliphatic carbocycles. The Morgan fingerprint density at radius 3 is 3.07 bits per heavy atom. The summed E-state index contributed by atoms with van der Waals surface area (Å²) in [6.45, 7) is 5.07. The molecule has 1 atom stereocenters. The van der Waals surface area contributed by atoms with E-state index in [4.69, 9.17) is 0 Å². The molecule has 4 nitrogen and oxygen atoms in total. The normalized spacial score (nSPS) is 21.6. The van der Waals surface area contributed by atoms with Crippen LogP contribution in [0.3, 0.4) is 0 Å². The first-order valence-electron chi connectivity index (χ1n) is 5.01. The maximum Gasteiger partial charge on any atom is 0.269 e. The maximum absolute atomic E-state index is 11.4. The van der Waals surface area contributed by atoms with Gasteiger partial charge in [0, 0.05) is 18.2 Å². The molecular formula is C10H15N3O. The van der Waals surface area contributed by atoms with Crippen molar-refractivity contribution in [2.45, 2.75) is 32.7 Å². The van der Waals surface area contributed by atoms with Crippen LogP contribution in [0.1, 0.15) is 25.3 Å². The van der Waals surface area contributed by atoms with Gasteiger partial charge < -0.3 is 4.90 Å². The van der Waals surface area contributed by atoms with Crippen LogP contribution >= 0.6 is 0 Å². The average Bonchev–Trinajstić information content (AvgIpc) is 2.57. The van der Waals surface area contributed by atoms with Crippen LogP contribution in [0, 0.1) is 6.92 Å². The van der Waals surface area contributed by atoms with Crippen molar-refractivity contribution in [1.29, 1.82) is 0 Å². The lowest BCUT2D eigenvalue weighted by Gasteiger charge is -2.24. The highest BCUT2D eigenvalue weighted by atomic mass is 16.1. The fraction of sp³-hybridized carbons (Fsp3) is 0.600. The molecule has 76 valence electrons. The summed E-state index contributed by atoms with van der Waals surface area (Å²) in [5.74, 6) is 0. The van der Waals surface area contributed by atoms with E-state index in [2.05, 4.69) is 22.0 Å². The van der Waals surface area contributed by atoms with E-state index in [1.165, 1.54) is 12.8 Å². The van der Waals surface area contributed by atoms with Crippen LogP contribution < -0.4 is 10.5 Å². The van der Waals surface area contributed by atoms with Crippen molar-refractivity contribution in [1.82, 2.24) is 10.2 Å². The molecule has 0 spiro atoms. The highest BCUT2D eigenvalue weighted by Gasteiger charge is 2.22. The zero-order chi connectivity index (χ0) is 10.1. The van der Waals surface area contributed by atoms with Crippen LogP contribution in [0.5, 0.6) is 0 Å². The lowest BCUT2D eigenvalue weighted by atomic mass is 10.2. The van der Waals surface area contributed by atoms with Gasteiger partial charge in [-0.15, -0.1) is 0 Å². The van der Waals surface area contributed by atoms with E-state index >= 15 is 0 Å². The molecule has 2 rings (SSSR count). The molecule has 1 unspecified atom stereocenters. The van der Waals surface area contributed by atoms with Crippen LogP contribution in [-0.2, 0) is 0 Å². The van der Waals surface area contributed by atoms with Gasteiger partial charge in [0.1, 0.15) is 0 Å². The van der Waals surface area contributed by atoms with Crippen LogP contribution in [0.4, 0.5) is 5.69 Å². The summed E-state index contributed by atoms with van der Waals surface area (Å²) in [6, 6.07) is 0.525. The monoisotopic (exact) mass is 193 g/mol. The summed E-state index contributed by atoms with van der Waals surface area (Å²) in [7, 11) is 0. The Bertz CT molecular complexity index is 385. The third kappa shape index (κ3) is 1.41. The van der Waals surface area contributed by atoms with Crippen LogP contribution in [0.25, 0.3) is 0 Å². The second-order valence-corrected chi connectivity index (χ2v) is 3.89. The van der Waals surface area contributed by atoms with Crippen molar-refractivity contribution < 1.29 is 0 Å². The average molecular weight is 193 g/mol. The third-order valence-electron chi connectivity index (χ3n) is 2.94. The number of aromatic amines is 1. The van der Waals surface area contributed by atoms with E-state index in [9.17, 15) is 4.79 Å². The molecule has 0 aromatic carbocycles. The van der Waals surface area contributed by atoms with Crippen molar-refractivity contribution in [2.24, 2.45) is 0 Å². The minimum Gasteiger partial charge on any atom is -0.367 e. The highest BCUT2D eigenvalue weighted by molar-refractivity contribution is 5.51. The number of H-pyrrole nitrogens is 1. The summed E-state index contributed by atoms with van der Waals surface area (Å²) in [5.41, 5.74) is 1.68. The molecule has 1 aliphatic rings. The Kier molecular flexibility index (Phi) is 2.27. The number of aromatic nitrogens is 2. The number of nitrogens with zero attached hydrogens (tertiary/aromatic N) is 2. The van der Waals surface area contributed by atoms with E-state index in [0.717, 1.165) is 17.8 Å². The molecule has 1 N–H and O–H groups in total. The molecule has 1 aromatic rings. The molecule has 2 heterocycles. The van der Waals surface area contributed by atoms with Gasteiger partial charge in [0.15, 0.2) is 0 Å². The first kappa shape index (κ1) is 9.24. The minimum atomic E-state index is -0.0819. The van der Waals surface area contributed by atoms with E-state index in [0.29, 0.717) is 6.04 Å². The summed E-state index contributed by atoms with van der Waals surface area (Å²) in [5, 5.41) is 6.29. The topological polar surface area (TPSA) is 49.0 Å². The molecule has 1 fully saturated rings. The van der Waals surface area contributed by atoms with Crippen molar-refractivity contribution in [2.75, 3.05) is 11.4 Å². The largest absolute Gasteiger partial charge is 0.367 e. The van der Waals surface area contributed by atoms with Gasteiger partial charge >= 0.3 is 0 Å². The van der Waals surface area contributed by atoms with Gasteiger partial charge in [-0.2, -0.15) is 5.10 Å². The van der Waals surface area contributed by atoms with Crippen molar-refractivity contribution in [3.05, 3.63) is 22.1 Å². The van der Waals surface area contributed by atoms with Gasteiger partial charge in [-0.1, -0.05) is 0 Å². The molecule has 0 bridgehead atoms.